The Morgan fingerprint density at radius 2 is 2.03 bits per heavy atom. The number of thioether (sulfide) groups is 1. The summed E-state index contributed by atoms with van der Waals surface area (Å²) >= 11 is 1.69. The number of hydrogen-bond acceptors (Lipinski definition) is 6. The summed E-state index contributed by atoms with van der Waals surface area (Å²) in [5, 5.41) is 12.9. The molecule has 9 heteroatoms. The van der Waals surface area contributed by atoms with Crippen LogP contribution in [0.15, 0.2) is 16.9 Å². The highest BCUT2D eigenvalue weighted by Gasteiger charge is 2.25. The van der Waals surface area contributed by atoms with Gasteiger partial charge in [-0.15, -0.1) is 0 Å². The Morgan fingerprint density at radius 1 is 1.23 bits per heavy atom. The van der Waals surface area contributed by atoms with Gasteiger partial charge in [0.15, 0.2) is 0 Å². The second-order valence-corrected chi connectivity index (χ2v) is 9.42. The monoisotopic (exact) mass is 439 g/mol. The molecule has 30 heavy (non-hydrogen) atoms. The minimum absolute atomic E-state index is 0.0953. The summed E-state index contributed by atoms with van der Waals surface area (Å²) in [6.45, 7) is 1.20. The predicted octanol–water partition coefficient (Wildman–Crippen LogP) is 2.93. The fourth-order valence-corrected chi connectivity index (χ4v) is 5.21. The first-order chi connectivity index (χ1) is 14.5. The lowest BCUT2D eigenvalue weighted by atomic mass is 9.97. The minimum Gasteiger partial charge on any atom is -0.493 e. The van der Waals surface area contributed by atoms with Crippen molar-refractivity contribution in [2.24, 2.45) is 5.92 Å². The molecule has 0 radical (unpaired) electrons. The smallest absolute Gasteiger partial charge is 0.261 e. The minimum atomic E-state index is -0.991. The van der Waals surface area contributed by atoms with Crippen molar-refractivity contribution in [3.05, 3.63) is 34.1 Å². The predicted molar refractivity (Wildman–Crippen MR) is 113 cm³/mol. The average molecular weight is 440 g/mol. The molecule has 2 fully saturated rings. The molecule has 1 aromatic heterocycles. The lowest BCUT2D eigenvalue weighted by Crippen LogP contribution is -2.40. The number of rotatable bonds is 6. The van der Waals surface area contributed by atoms with Crippen molar-refractivity contribution in [3.8, 4) is 5.75 Å². The van der Waals surface area contributed by atoms with E-state index in [2.05, 4.69) is 15.3 Å². The van der Waals surface area contributed by atoms with Crippen LogP contribution in [0.3, 0.4) is 0 Å². The lowest BCUT2D eigenvalue weighted by molar-refractivity contribution is 0.122. The van der Waals surface area contributed by atoms with Gasteiger partial charge in [0.05, 0.1) is 24.0 Å². The third-order valence-corrected chi connectivity index (χ3v) is 7.27. The van der Waals surface area contributed by atoms with Gasteiger partial charge < -0.3 is 20.1 Å². The zero-order chi connectivity index (χ0) is 21.1. The molecule has 2 aliphatic rings. The van der Waals surface area contributed by atoms with Crippen molar-refractivity contribution < 1.29 is 18.6 Å². The molecule has 1 aliphatic carbocycles. The van der Waals surface area contributed by atoms with E-state index in [1.807, 2.05) is 0 Å². The number of hydrogen-bond donors (Lipinski definition) is 3. The number of aliphatic hydroxyl groups is 1. The molecule has 2 heterocycles. The lowest BCUT2D eigenvalue weighted by Gasteiger charge is -2.26. The SMILES string of the molecule is O=c1[nH]c(CSC2CCC(O)CC2)nc2cc(OC[C@H]3CCNC[C@@H]3F)cc(F)c12. The zero-order valence-corrected chi connectivity index (χ0v) is 17.5. The molecule has 1 aliphatic heterocycles. The van der Waals surface area contributed by atoms with E-state index < -0.39 is 17.5 Å². The van der Waals surface area contributed by atoms with Crippen LogP contribution in [0.5, 0.6) is 5.75 Å². The van der Waals surface area contributed by atoms with Gasteiger partial charge in [-0.2, -0.15) is 11.8 Å². The van der Waals surface area contributed by atoms with Crippen LogP contribution in [0.2, 0.25) is 0 Å². The van der Waals surface area contributed by atoms with Crippen LogP contribution >= 0.6 is 11.8 Å². The standard InChI is InChI=1S/C21H27F2N3O3S/c22-16-7-14(29-10-12-5-6-24-9-17(12)23)8-18-20(16)21(28)26-19(25-18)11-30-15-3-1-13(27)2-4-15/h7-8,12-13,15,17,24,27H,1-6,9-11H2,(H,25,26,28)/t12-,13?,15?,17+/m1/s1. The molecule has 1 aromatic carbocycles. The van der Waals surface area contributed by atoms with Crippen LogP contribution in [-0.4, -0.2) is 52.3 Å². The van der Waals surface area contributed by atoms with Crippen molar-refractivity contribution >= 4 is 22.7 Å². The van der Waals surface area contributed by atoms with E-state index in [9.17, 15) is 18.7 Å². The van der Waals surface area contributed by atoms with E-state index in [1.54, 1.807) is 17.8 Å². The van der Waals surface area contributed by atoms with Gasteiger partial charge in [0.2, 0.25) is 0 Å². The van der Waals surface area contributed by atoms with Crippen LogP contribution in [0.25, 0.3) is 10.9 Å². The normalized spacial score (nSPS) is 27.3. The van der Waals surface area contributed by atoms with Gasteiger partial charge in [-0.1, -0.05) is 0 Å². The number of fused-ring (bicyclic) bond motifs is 1. The fraction of sp³-hybridized carbons (Fsp3) is 0.619. The maximum absolute atomic E-state index is 14.5. The Hall–Kier alpha value is -1.71. The van der Waals surface area contributed by atoms with E-state index >= 15 is 0 Å². The molecule has 2 aromatic rings. The van der Waals surface area contributed by atoms with Crippen molar-refractivity contribution in [1.82, 2.24) is 15.3 Å². The van der Waals surface area contributed by atoms with E-state index in [4.69, 9.17) is 4.74 Å². The highest BCUT2D eigenvalue weighted by atomic mass is 32.2. The molecule has 164 valence electrons. The Labute approximate surface area is 177 Å². The number of H-pyrrole nitrogens is 1. The molecule has 4 rings (SSSR count). The van der Waals surface area contributed by atoms with Crippen molar-refractivity contribution in [2.75, 3.05) is 19.7 Å². The highest BCUT2D eigenvalue weighted by Crippen LogP contribution is 2.30. The van der Waals surface area contributed by atoms with Gasteiger partial charge in [0.1, 0.15) is 28.9 Å². The first kappa shape index (κ1) is 21.5. The molecule has 3 N–H and O–H groups in total. The maximum atomic E-state index is 14.5. The van der Waals surface area contributed by atoms with Gasteiger partial charge in [0, 0.05) is 29.8 Å². The Morgan fingerprint density at radius 3 is 2.80 bits per heavy atom. The zero-order valence-electron chi connectivity index (χ0n) is 16.7. The Bertz CT molecular complexity index is 934. The molecular formula is C21H27F2N3O3S. The molecule has 1 saturated heterocycles. The Balaban J connectivity index is 1.47. The van der Waals surface area contributed by atoms with Crippen LogP contribution in [-0.2, 0) is 5.75 Å². The number of nitrogens with one attached hydrogen (secondary N) is 2. The van der Waals surface area contributed by atoms with Gasteiger partial charge in [-0.05, 0) is 38.6 Å². The highest BCUT2D eigenvalue weighted by molar-refractivity contribution is 7.99. The number of aromatic nitrogens is 2. The summed E-state index contributed by atoms with van der Waals surface area (Å²) in [5.41, 5.74) is -0.272. The summed E-state index contributed by atoms with van der Waals surface area (Å²) in [4.78, 5) is 19.5. The third-order valence-electron chi connectivity index (χ3n) is 5.89. The van der Waals surface area contributed by atoms with E-state index in [0.717, 1.165) is 38.3 Å². The topological polar surface area (TPSA) is 87.2 Å². The summed E-state index contributed by atoms with van der Waals surface area (Å²) in [6.07, 6.45) is 2.91. The van der Waals surface area contributed by atoms with Crippen molar-refractivity contribution in [2.45, 2.75) is 55.4 Å². The first-order valence-electron chi connectivity index (χ1n) is 10.5. The van der Waals surface area contributed by atoms with Crippen LogP contribution in [0.1, 0.15) is 37.9 Å². The van der Waals surface area contributed by atoms with Gasteiger partial charge >= 0.3 is 0 Å². The number of nitrogens with zero attached hydrogens (tertiary/aromatic N) is 1. The first-order valence-corrected chi connectivity index (χ1v) is 11.5. The molecular weight excluding hydrogens is 412 g/mol. The molecule has 0 spiro atoms. The van der Waals surface area contributed by atoms with Crippen molar-refractivity contribution in [1.29, 1.82) is 0 Å². The van der Waals surface area contributed by atoms with E-state index in [1.165, 1.54) is 0 Å². The quantitative estimate of drug-likeness (QED) is 0.642. The van der Waals surface area contributed by atoms with Crippen molar-refractivity contribution in [3.63, 3.8) is 0 Å². The number of aliphatic hydroxyl groups excluding tert-OH is 1. The molecule has 1 saturated carbocycles. The molecule has 0 amide bonds. The second-order valence-electron chi connectivity index (χ2n) is 8.13. The number of ether oxygens (including phenoxy) is 1. The third kappa shape index (κ3) is 5.12. The van der Waals surface area contributed by atoms with Gasteiger partial charge in [-0.25, -0.2) is 13.8 Å². The largest absolute Gasteiger partial charge is 0.493 e. The fourth-order valence-electron chi connectivity index (χ4n) is 4.07. The van der Waals surface area contributed by atoms with E-state index in [0.29, 0.717) is 29.8 Å². The van der Waals surface area contributed by atoms with Gasteiger partial charge in [0.25, 0.3) is 5.56 Å². The number of piperidine rings is 1. The summed E-state index contributed by atoms with van der Waals surface area (Å²) < 4.78 is 34.2. The number of alkyl halides is 1. The van der Waals surface area contributed by atoms with Gasteiger partial charge in [-0.3, -0.25) is 4.79 Å². The molecule has 6 nitrogen and oxygen atoms in total. The van der Waals surface area contributed by atoms with Crippen LogP contribution in [0, 0.1) is 11.7 Å². The summed E-state index contributed by atoms with van der Waals surface area (Å²) in [5.74, 6) is 0.319. The van der Waals surface area contributed by atoms with E-state index in [-0.39, 0.29) is 35.3 Å². The number of aromatic amines is 1. The number of benzene rings is 1. The summed E-state index contributed by atoms with van der Waals surface area (Å²) in [7, 11) is 0. The molecule has 0 unspecified atom stereocenters. The maximum Gasteiger partial charge on any atom is 0.261 e. The second kappa shape index (κ2) is 9.62. The average Bonchev–Trinajstić information content (AvgIpc) is 2.72. The Kier molecular flexibility index (Phi) is 6.90. The van der Waals surface area contributed by atoms with Crippen LogP contribution < -0.4 is 15.6 Å². The van der Waals surface area contributed by atoms with Crippen LogP contribution in [0.4, 0.5) is 8.78 Å². The molecule has 0 bridgehead atoms. The summed E-state index contributed by atoms with van der Waals surface area (Å²) in [6, 6.07) is 2.71. The molecule has 2 atom stereocenters. The number of halogens is 2.